The number of nitrogens with zero attached hydrogens (tertiary/aromatic N) is 3. The van der Waals surface area contributed by atoms with Crippen molar-refractivity contribution in [2.24, 2.45) is 0 Å². The van der Waals surface area contributed by atoms with Crippen molar-refractivity contribution >= 4 is 0 Å². The van der Waals surface area contributed by atoms with E-state index < -0.39 is 29.3 Å². The summed E-state index contributed by atoms with van der Waals surface area (Å²) < 4.78 is 76.9. The Kier molecular flexibility index (Phi) is 5.12. The minimum Gasteiger partial charge on any atom is -0.303 e. The maximum Gasteiger partial charge on any atom is 0.449 e. The van der Waals surface area contributed by atoms with Crippen molar-refractivity contribution in [1.82, 2.24) is 25.1 Å². The Morgan fingerprint density at radius 3 is 2.39 bits per heavy atom. The highest BCUT2D eigenvalue weighted by atomic mass is 19.4. The van der Waals surface area contributed by atoms with E-state index >= 15 is 0 Å². The summed E-state index contributed by atoms with van der Waals surface area (Å²) in [5, 5.41) is 6.72. The Bertz CT molecular complexity index is 1150. The number of hydrogen-bond acceptors (Lipinski definition) is 4. The van der Waals surface area contributed by atoms with Gasteiger partial charge in [0, 0.05) is 31.6 Å². The summed E-state index contributed by atoms with van der Waals surface area (Å²) in [5.41, 5.74) is 0.388. The molecule has 0 amide bonds. The lowest BCUT2D eigenvalue weighted by atomic mass is 10.0. The molecule has 0 saturated carbocycles. The molecule has 2 aromatic heterocycles. The Hall–Kier alpha value is -3.15. The first kappa shape index (κ1) is 21.1. The molecule has 31 heavy (non-hydrogen) atoms. The van der Waals surface area contributed by atoms with Crippen molar-refractivity contribution in [3.63, 3.8) is 0 Å². The highest BCUT2D eigenvalue weighted by Gasteiger charge is 2.36. The van der Waals surface area contributed by atoms with Gasteiger partial charge >= 0.3 is 12.4 Å². The quantitative estimate of drug-likeness (QED) is 0.605. The van der Waals surface area contributed by atoms with Gasteiger partial charge in [-0.15, -0.1) is 0 Å². The fourth-order valence-electron chi connectivity index (χ4n) is 3.50. The van der Waals surface area contributed by atoms with Gasteiger partial charge in [-0.05, 0) is 17.7 Å². The lowest BCUT2D eigenvalue weighted by Gasteiger charge is -2.27. The molecule has 0 atom stereocenters. The third-order valence-electron chi connectivity index (χ3n) is 5.03. The van der Waals surface area contributed by atoms with Gasteiger partial charge in [-0.2, -0.15) is 31.4 Å². The first-order valence-electron chi connectivity index (χ1n) is 9.14. The van der Waals surface area contributed by atoms with E-state index in [2.05, 4.69) is 15.2 Å². The second-order valence-electron chi connectivity index (χ2n) is 7.14. The third kappa shape index (κ3) is 4.33. The first-order valence-corrected chi connectivity index (χ1v) is 9.14. The normalized spacial score (nSPS) is 15.2. The van der Waals surface area contributed by atoms with Crippen LogP contribution in [-0.2, 0) is 31.9 Å². The number of hydrogen-bond donors (Lipinski definition) is 2. The van der Waals surface area contributed by atoms with Crippen molar-refractivity contribution < 1.29 is 26.3 Å². The molecule has 0 bridgehead atoms. The van der Waals surface area contributed by atoms with Gasteiger partial charge in [0.2, 0.25) is 5.82 Å². The minimum atomic E-state index is -4.74. The van der Waals surface area contributed by atoms with E-state index in [1.807, 2.05) is 4.90 Å². The standard InChI is InChI=1S/C19H15F6N5O/c20-18(21,22)12-3-1-10(2-4-12)15-11(7-26-29-15)8-30-6-5-14-13(9-30)16(31)28-17(27-14)19(23,24)25/h1-4,7H,5-6,8-9H2,(H,26,29)(H,27,28,31). The number of fused-ring (bicyclic) bond motifs is 1. The zero-order valence-electron chi connectivity index (χ0n) is 15.7. The van der Waals surface area contributed by atoms with Crippen LogP contribution in [0.1, 0.15) is 28.2 Å². The summed E-state index contributed by atoms with van der Waals surface area (Å²) in [4.78, 5) is 19.3. The van der Waals surface area contributed by atoms with Gasteiger partial charge in [0.05, 0.1) is 28.7 Å². The van der Waals surface area contributed by atoms with Crippen molar-refractivity contribution in [3.05, 3.63) is 69.0 Å². The number of benzene rings is 1. The van der Waals surface area contributed by atoms with Gasteiger partial charge in [0.1, 0.15) is 0 Å². The number of rotatable bonds is 3. The molecular formula is C19H15F6N5O. The number of halogens is 6. The number of alkyl halides is 6. The van der Waals surface area contributed by atoms with Crippen LogP contribution < -0.4 is 5.56 Å². The van der Waals surface area contributed by atoms with Gasteiger partial charge in [-0.25, -0.2) is 4.98 Å². The molecule has 3 aromatic rings. The molecule has 1 aliphatic heterocycles. The number of H-pyrrole nitrogens is 2. The third-order valence-corrected chi connectivity index (χ3v) is 5.03. The van der Waals surface area contributed by atoms with E-state index in [-0.39, 0.29) is 24.2 Å². The summed E-state index contributed by atoms with van der Waals surface area (Å²) in [6, 6.07) is 4.61. The van der Waals surface area contributed by atoms with E-state index in [1.165, 1.54) is 18.3 Å². The molecule has 6 nitrogen and oxygen atoms in total. The SMILES string of the molecule is O=c1[nH]c(C(F)(F)F)nc2c1CN(Cc1cn[nH]c1-c1ccc(C(F)(F)F)cc1)CC2. The van der Waals surface area contributed by atoms with Crippen LogP contribution in [0, 0.1) is 0 Å². The number of aromatic amines is 2. The van der Waals surface area contributed by atoms with Gasteiger partial charge in [0.25, 0.3) is 5.56 Å². The van der Waals surface area contributed by atoms with Gasteiger partial charge in [-0.3, -0.25) is 14.8 Å². The van der Waals surface area contributed by atoms with E-state index in [0.29, 0.717) is 29.9 Å². The number of aromatic nitrogens is 4. The van der Waals surface area contributed by atoms with Gasteiger partial charge in [0.15, 0.2) is 0 Å². The lowest BCUT2D eigenvalue weighted by Crippen LogP contribution is -2.36. The Balaban J connectivity index is 1.54. The van der Waals surface area contributed by atoms with E-state index in [4.69, 9.17) is 0 Å². The molecule has 0 saturated heterocycles. The molecule has 0 spiro atoms. The lowest BCUT2D eigenvalue weighted by molar-refractivity contribution is -0.145. The summed E-state index contributed by atoms with van der Waals surface area (Å²) in [7, 11) is 0. The molecule has 0 unspecified atom stereocenters. The second kappa shape index (κ2) is 7.52. The predicted molar refractivity (Wildman–Crippen MR) is 96.7 cm³/mol. The molecule has 1 aliphatic rings. The fourth-order valence-corrected chi connectivity index (χ4v) is 3.50. The molecule has 0 radical (unpaired) electrons. The monoisotopic (exact) mass is 443 g/mol. The molecule has 12 heteroatoms. The molecule has 164 valence electrons. The maximum atomic E-state index is 12.8. The zero-order chi connectivity index (χ0) is 22.4. The minimum absolute atomic E-state index is 0.0907. The van der Waals surface area contributed by atoms with Gasteiger partial charge < -0.3 is 4.98 Å². The molecule has 4 rings (SSSR count). The van der Waals surface area contributed by atoms with Crippen molar-refractivity contribution in [3.8, 4) is 11.3 Å². The van der Waals surface area contributed by atoms with Gasteiger partial charge in [-0.1, -0.05) is 12.1 Å². The predicted octanol–water partition coefficient (Wildman–Crippen LogP) is 3.76. The average molecular weight is 443 g/mol. The molecule has 0 aliphatic carbocycles. The van der Waals surface area contributed by atoms with Crippen molar-refractivity contribution in [2.45, 2.75) is 31.9 Å². The van der Waals surface area contributed by atoms with Crippen LogP contribution >= 0.6 is 0 Å². The van der Waals surface area contributed by atoms with Crippen LogP contribution in [0.15, 0.2) is 35.3 Å². The average Bonchev–Trinajstić information content (AvgIpc) is 3.15. The Labute approximate surface area is 170 Å². The summed E-state index contributed by atoms with van der Waals surface area (Å²) >= 11 is 0. The van der Waals surface area contributed by atoms with Crippen molar-refractivity contribution in [2.75, 3.05) is 6.54 Å². The first-order chi connectivity index (χ1) is 14.5. The molecular weight excluding hydrogens is 428 g/mol. The van der Waals surface area contributed by atoms with Crippen LogP contribution in [0.25, 0.3) is 11.3 Å². The van der Waals surface area contributed by atoms with E-state index in [0.717, 1.165) is 12.1 Å². The number of nitrogens with one attached hydrogen (secondary N) is 2. The summed E-state index contributed by atoms with van der Waals surface area (Å²) in [5.74, 6) is -1.32. The van der Waals surface area contributed by atoms with Crippen molar-refractivity contribution in [1.29, 1.82) is 0 Å². The van der Waals surface area contributed by atoms with Crippen LogP contribution in [0.4, 0.5) is 26.3 Å². The van der Waals surface area contributed by atoms with Crippen LogP contribution in [0.2, 0.25) is 0 Å². The maximum absolute atomic E-state index is 12.8. The summed E-state index contributed by atoms with van der Waals surface area (Å²) in [6.07, 6.45) is -7.49. The molecule has 0 fully saturated rings. The Morgan fingerprint density at radius 2 is 1.74 bits per heavy atom. The molecule has 3 heterocycles. The molecule has 1 aromatic carbocycles. The smallest absolute Gasteiger partial charge is 0.303 e. The van der Waals surface area contributed by atoms with Crippen LogP contribution in [0.3, 0.4) is 0 Å². The summed E-state index contributed by atoms with van der Waals surface area (Å²) in [6.45, 7) is 0.749. The Morgan fingerprint density at radius 1 is 1.03 bits per heavy atom. The highest BCUT2D eigenvalue weighted by molar-refractivity contribution is 5.63. The van der Waals surface area contributed by atoms with Crippen LogP contribution in [-0.4, -0.2) is 31.6 Å². The highest BCUT2D eigenvalue weighted by Crippen LogP contribution is 2.32. The largest absolute Gasteiger partial charge is 0.449 e. The topological polar surface area (TPSA) is 77.7 Å². The fraction of sp³-hybridized carbons (Fsp3) is 0.316. The van der Waals surface area contributed by atoms with Crippen LogP contribution in [0.5, 0.6) is 0 Å². The zero-order valence-corrected chi connectivity index (χ0v) is 15.7. The molecule has 2 N–H and O–H groups in total. The van der Waals surface area contributed by atoms with E-state index in [1.54, 1.807) is 4.98 Å². The van der Waals surface area contributed by atoms with E-state index in [9.17, 15) is 31.1 Å². The second-order valence-corrected chi connectivity index (χ2v) is 7.14.